The molecule has 1 aromatic heterocycles. The van der Waals surface area contributed by atoms with Gasteiger partial charge >= 0.3 is 0 Å². The van der Waals surface area contributed by atoms with Crippen LogP contribution >= 0.6 is 11.6 Å². The molecular formula is C13H13ClN4O. The fraction of sp³-hybridized carbons (Fsp3) is 0.231. The molecule has 6 heteroatoms. The summed E-state index contributed by atoms with van der Waals surface area (Å²) in [6, 6.07) is 6.05. The lowest BCUT2D eigenvalue weighted by molar-refractivity contribution is 0.645. The minimum absolute atomic E-state index is 0.0778. The van der Waals surface area contributed by atoms with E-state index in [1.54, 1.807) is 0 Å². The maximum atomic E-state index is 11.4. The zero-order valence-corrected chi connectivity index (χ0v) is 10.9. The number of benzene rings is 1. The van der Waals surface area contributed by atoms with E-state index in [2.05, 4.69) is 26.7 Å². The van der Waals surface area contributed by atoms with Gasteiger partial charge in [0.2, 0.25) is 0 Å². The van der Waals surface area contributed by atoms with Gasteiger partial charge in [0, 0.05) is 12.2 Å². The van der Waals surface area contributed by atoms with Crippen LogP contribution in [0.2, 0.25) is 5.02 Å². The van der Waals surface area contributed by atoms with Gasteiger partial charge in [-0.3, -0.25) is 4.79 Å². The Labute approximate surface area is 115 Å². The molecule has 0 fully saturated rings. The molecule has 1 aromatic carbocycles. The molecule has 5 nitrogen and oxygen atoms in total. The first kappa shape index (κ1) is 12.2. The Balaban J connectivity index is 2.00. The largest absolute Gasteiger partial charge is 0.339 e. The van der Waals surface area contributed by atoms with Crippen molar-refractivity contribution in [1.82, 2.24) is 15.3 Å². The third kappa shape index (κ3) is 2.34. The zero-order valence-electron chi connectivity index (χ0n) is 10.2. The summed E-state index contributed by atoms with van der Waals surface area (Å²) in [4.78, 5) is 17.9. The summed E-state index contributed by atoms with van der Waals surface area (Å²) in [6.07, 6.45) is 2.28. The van der Waals surface area contributed by atoms with Gasteiger partial charge in [-0.25, -0.2) is 4.98 Å². The van der Waals surface area contributed by atoms with E-state index in [0.29, 0.717) is 5.82 Å². The molecule has 98 valence electrons. The Hall–Kier alpha value is -1.85. The lowest BCUT2D eigenvalue weighted by Gasteiger charge is -2.20. The molecular weight excluding hydrogens is 264 g/mol. The Bertz CT molecular complexity index is 668. The fourth-order valence-electron chi connectivity index (χ4n) is 2.25. The van der Waals surface area contributed by atoms with Gasteiger partial charge in [0.1, 0.15) is 5.02 Å². The van der Waals surface area contributed by atoms with Gasteiger partial charge in [-0.1, -0.05) is 23.7 Å². The number of hydrogen-bond acceptors (Lipinski definition) is 4. The van der Waals surface area contributed by atoms with E-state index >= 15 is 0 Å². The van der Waals surface area contributed by atoms with Gasteiger partial charge in [0.15, 0.2) is 5.82 Å². The predicted molar refractivity (Wildman–Crippen MR) is 75.0 cm³/mol. The third-order valence-corrected chi connectivity index (χ3v) is 3.54. The van der Waals surface area contributed by atoms with Crippen molar-refractivity contribution in [2.24, 2.45) is 0 Å². The van der Waals surface area contributed by atoms with Crippen molar-refractivity contribution < 1.29 is 0 Å². The molecule has 2 aromatic rings. The number of nitrogens with zero attached hydrogens (tertiary/aromatic N) is 1. The molecule has 0 bridgehead atoms. The van der Waals surface area contributed by atoms with Crippen LogP contribution in [0.4, 0.5) is 11.5 Å². The van der Waals surface area contributed by atoms with Crippen LogP contribution in [0, 0.1) is 0 Å². The van der Waals surface area contributed by atoms with E-state index in [1.807, 2.05) is 12.1 Å². The van der Waals surface area contributed by atoms with E-state index in [0.717, 1.165) is 25.2 Å². The standard InChI is InChI=1S/C13H13ClN4O/c14-11-12(16-7-17-13(11)19)18-10-3-1-2-8-6-15-5-4-9(8)10/h1-3,7,15H,4-6H2,(H2,16,17,18,19). The molecule has 0 saturated heterocycles. The van der Waals surface area contributed by atoms with Crippen LogP contribution in [-0.4, -0.2) is 16.5 Å². The Kier molecular flexibility index (Phi) is 3.23. The lowest BCUT2D eigenvalue weighted by Crippen LogP contribution is -2.24. The summed E-state index contributed by atoms with van der Waals surface area (Å²) < 4.78 is 0. The third-order valence-electron chi connectivity index (χ3n) is 3.19. The van der Waals surface area contributed by atoms with Gasteiger partial charge in [-0.15, -0.1) is 0 Å². The van der Waals surface area contributed by atoms with Gasteiger partial charge in [0.05, 0.1) is 6.33 Å². The number of aromatic amines is 1. The van der Waals surface area contributed by atoms with Crippen molar-refractivity contribution in [1.29, 1.82) is 0 Å². The molecule has 0 saturated carbocycles. The van der Waals surface area contributed by atoms with Gasteiger partial charge < -0.3 is 15.6 Å². The first-order valence-corrected chi connectivity index (χ1v) is 6.45. The van der Waals surface area contributed by atoms with Crippen LogP contribution in [0.15, 0.2) is 29.3 Å². The number of hydrogen-bond donors (Lipinski definition) is 3. The molecule has 1 aliphatic heterocycles. The van der Waals surface area contributed by atoms with E-state index in [4.69, 9.17) is 11.6 Å². The summed E-state index contributed by atoms with van der Waals surface area (Å²) in [5.74, 6) is 0.386. The summed E-state index contributed by atoms with van der Waals surface area (Å²) >= 11 is 5.95. The molecule has 0 aliphatic carbocycles. The number of fused-ring (bicyclic) bond motifs is 1. The van der Waals surface area contributed by atoms with E-state index in [1.165, 1.54) is 17.5 Å². The summed E-state index contributed by atoms with van der Waals surface area (Å²) in [6.45, 7) is 1.81. The van der Waals surface area contributed by atoms with Crippen molar-refractivity contribution in [2.75, 3.05) is 11.9 Å². The first-order valence-electron chi connectivity index (χ1n) is 6.07. The normalized spacial score (nSPS) is 13.9. The van der Waals surface area contributed by atoms with Gasteiger partial charge in [0.25, 0.3) is 5.56 Å². The van der Waals surface area contributed by atoms with Gasteiger partial charge in [-0.2, -0.15) is 0 Å². The summed E-state index contributed by atoms with van der Waals surface area (Å²) in [7, 11) is 0. The Morgan fingerprint density at radius 3 is 3.16 bits per heavy atom. The van der Waals surface area contributed by atoms with Crippen LogP contribution in [0.25, 0.3) is 0 Å². The second-order valence-corrected chi connectivity index (χ2v) is 4.77. The minimum Gasteiger partial charge on any atom is -0.339 e. The highest BCUT2D eigenvalue weighted by Crippen LogP contribution is 2.27. The minimum atomic E-state index is -0.342. The fourth-order valence-corrected chi connectivity index (χ4v) is 2.40. The van der Waals surface area contributed by atoms with Crippen molar-refractivity contribution in [3.63, 3.8) is 0 Å². The summed E-state index contributed by atoms with van der Waals surface area (Å²) in [5.41, 5.74) is 3.13. The Morgan fingerprint density at radius 2 is 2.26 bits per heavy atom. The number of nitrogens with one attached hydrogen (secondary N) is 3. The molecule has 19 heavy (non-hydrogen) atoms. The molecule has 0 atom stereocenters. The van der Waals surface area contributed by atoms with E-state index < -0.39 is 0 Å². The van der Waals surface area contributed by atoms with Crippen LogP contribution in [0.1, 0.15) is 11.1 Å². The highest BCUT2D eigenvalue weighted by atomic mass is 35.5. The maximum Gasteiger partial charge on any atom is 0.271 e. The molecule has 1 aliphatic rings. The molecule has 3 N–H and O–H groups in total. The van der Waals surface area contributed by atoms with Crippen LogP contribution in [0.3, 0.4) is 0 Å². The second-order valence-electron chi connectivity index (χ2n) is 4.39. The van der Waals surface area contributed by atoms with Crippen LogP contribution in [-0.2, 0) is 13.0 Å². The van der Waals surface area contributed by atoms with E-state index in [-0.39, 0.29) is 10.6 Å². The van der Waals surface area contributed by atoms with Crippen LogP contribution in [0.5, 0.6) is 0 Å². The average Bonchev–Trinajstić information content (AvgIpc) is 2.44. The van der Waals surface area contributed by atoms with Crippen molar-refractivity contribution >= 4 is 23.1 Å². The van der Waals surface area contributed by atoms with Crippen LogP contribution < -0.4 is 16.2 Å². The highest BCUT2D eigenvalue weighted by molar-refractivity contribution is 6.32. The SMILES string of the molecule is O=c1[nH]cnc(Nc2cccc3c2CCNC3)c1Cl. The monoisotopic (exact) mass is 276 g/mol. The number of H-pyrrole nitrogens is 1. The molecule has 0 amide bonds. The predicted octanol–water partition coefficient (Wildman–Crippen LogP) is 1.81. The smallest absolute Gasteiger partial charge is 0.271 e. The number of rotatable bonds is 2. The number of aromatic nitrogens is 2. The second kappa shape index (κ2) is 5.03. The number of anilines is 2. The van der Waals surface area contributed by atoms with E-state index in [9.17, 15) is 4.79 Å². The number of halogens is 1. The van der Waals surface area contributed by atoms with Crippen molar-refractivity contribution in [2.45, 2.75) is 13.0 Å². The molecule has 0 spiro atoms. The lowest BCUT2D eigenvalue weighted by atomic mass is 9.99. The molecule has 3 rings (SSSR count). The molecule has 2 heterocycles. The topological polar surface area (TPSA) is 69.8 Å². The summed E-state index contributed by atoms with van der Waals surface area (Å²) in [5, 5.41) is 6.56. The molecule has 0 unspecified atom stereocenters. The van der Waals surface area contributed by atoms with Crippen molar-refractivity contribution in [3.8, 4) is 0 Å². The van der Waals surface area contributed by atoms with Gasteiger partial charge in [-0.05, 0) is 30.2 Å². The molecule has 0 radical (unpaired) electrons. The quantitative estimate of drug-likeness (QED) is 0.782. The van der Waals surface area contributed by atoms with Crippen molar-refractivity contribution in [3.05, 3.63) is 51.0 Å². The highest BCUT2D eigenvalue weighted by Gasteiger charge is 2.14. The average molecular weight is 277 g/mol. The maximum absolute atomic E-state index is 11.4. The first-order chi connectivity index (χ1) is 9.25. The Morgan fingerprint density at radius 1 is 1.37 bits per heavy atom. The zero-order chi connectivity index (χ0) is 13.2.